The molecule has 0 amide bonds. The smallest absolute Gasteiger partial charge is 0.261 e. The molecule has 0 aliphatic heterocycles. The third-order valence-electron chi connectivity index (χ3n) is 2.06. The van der Waals surface area contributed by atoms with E-state index in [0.717, 1.165) is 11.1 Å². The molecule has 0 atom stereocenters. The Morgan fingerprint density at radius 2 is 1.88 bits per heavy atom. The molecule has 1 rings (SSSR count). The second-order valence-electron chi connectivity index (χ2n) is 3.42. The first-order chi connectivity index (χ1) is 7.36. The lowest BCUT2D eigenvalue weighted by molar-refractivity contribution is 0.357. The lowest BCUT2D eigenvalue weighted by atomic mass is 10.1. The maximum absolute atomic E-state index is 11.2. The number of hydrogen-bond acceptors (Lipinski definition) is 3. The number of rotatable bonds is 4. The number of halogens is 1. The van der Waals surface area contributed by atoms with E-state index in [4.69, 9.17) is 15.4 Å². The molecule has 88 valence electrons. The number of ether oxygens (including phenoxy) is 1. The molecule has 0 aromatic heterocycles. The van der Waals surface area contributed by atoms with Gasteiger partial charge < -0.3 is 4.74 Å². The Morgan fingerprint density at radius 3 is 2.25 bits per heavy atom. The van der Waals surface area contributed by atoms with Gasteiger partial charge in [-0.3, -0.25) is 0 Å². The molecule has 0 spiro atoms. The van der Waals surface area contributed by atoms with Crippen molar-refractivity contribution in [3.05, 3.63) is 35.9 Å². The fourth-order valence-corrected chi connectivity index (χ4v) is 2.32. The minimum Gasteiger partial charge on any atom is -0.489 e. The van der Waals surface area contributed by atoms with Crippen molar-refractivity contribution in [3.8, 4) is 5.75 Å². The van der Waals surface area contributed by atoms with E-state index < -0.39 is 9.05 Å². The van der Waals surface area contributed by atoms with E-state index in [1.807, 2.05) is 0 Å². The second-order valence-corrected chi connectivity index (χ2v) is 5.99. The molecule has 0 unspecified atom stereocenters. The average Bonchev–Trinajstić information content (AvgIpc) is 2.15. The molecule has 0 saturated heterocycles. The quantitative estimate of drug-likeness (QED) is 0.618. The van der Waals surface area contributed by atoms with Gasteiger partial charge >= 0.3 is 0 Å². The first-order valence-electron chi connectivity index (χ1n) is 4.66. The van der Waals surface area contributed by atoms with Gasteiger partial charge in [-0.25, -0.2) is 8.42 Å². The van der Waals surface area contributed by atoms with Gasteiger partial charge in [-0.05, 0) is 37.1 Å². The van der Waals surface area contributed by atoms with E-state index in [2.05, 4.69) is 6.58 Å². The van der Waals surface area contributed by atoms with E-state index in [9.17, 15) is 8.42 Å². The highest BCUT2D eigenvalue weighted by molar-refractivity contribution is 8.13. The highest BCUT2D eigenvalue weighted by Gasteiger charge is 2.14. The molecule has 16 heavy (non-hydrogen) atoms. The molecule has 0 fully saturated rings. The van der Waals surface area contributed by atoms with Crippen LogP contribution in [0.3, 0.4) is 0 Å². The Labute approximate surface area is 100 Å². The maximum Gasteiger partial charge on any atom is 0.261 e. The van der Waals surface area contributed by atoms with E-state index in [1.165, 1.54) is 12.1 Å². The van der Waals surface area contributed by atoms with Crippen molar-refractivity contribution in [1.82, 2.24) is 0 Å². The zero-order valence-corrected chi connectivity index (χ0v) is 10.7. The molecule has 0 saturated carbocycles. The SMILES string of the molecule is C=CCOc1c(C)cc(S(=O)(=O)Cl)cc1C. The molecular weight excluding hydrogens is 248 g/mol. The van der Waals surface area contributed by atoms with Crippen molar-refractivity contribution in [2.24, 2.45) is 0 Å². The van der Waals surface area contributed by atoms with E-state index in [1.54, 1.807) is 19.9 Å². The fourth-order valence-electron chi connectivity index (χ4n) is 1.42. The minimum absolute atomic E-state index is 0.0927. The Hall–Kier alpha value is -1.00. The molecule has 3 nitrogen and oxygen atoms in total. The van der Waals surface area contributed by atoms with Crippen LogP contribution in [0.4, 0.5) is 0 Å². The van der Waals surface area contributed by atoms with Gasteiger partial charge in [0.15, 0.2) is 0 Å². The van der Waals surface area contributed by atoms with Crippen LogP contribution in [0.1, 0.15) is 11.1 Å². The summed E-state index contributed by atoms with van der Waals surface area (Å²) in [6.07, 6.45) is 1.63. The third-order valence-corrected chi connectivity index (χ3v) is 3.39. The molecule has 0 aliphatic carbocycles. The molecular formula is C11H13ClO3S. The number of aryl methyl sites for hydroxylation is 2. The van der Waals surface area contributed by atoms with Crippen LogP contribution in [-0.2, 0) is 9.05 Å². The zero-order valence-electron chi connectivity index (χ0n) is 9.16. The van der Waals surface area contributed by atoms with Crippen molar-refractivity contribution in [2.45, 2.75) is 18.7 Å². The van der Waals surface area contributed by atoms with Gasteiger partial charge in [0.1, 0.15) is 12.4 Å². The largest absolute Gasteiger partial charge is 0.489 e. The molecule has 1 aromatic rings. The summed E-state index contributed by atoms with van der Waals surface area (Å²) >= 11 is 0. The van der Waals surface area contributed by atoms with Gasteiger partial charge in [0.05, 0.1) is 4.90 Å². The van der Waals surface area contributed by atoms with Gasteiger partial charge in [0, 0.05) is 10.7 Å². The zero-order chi connectivity index (χ0) is 12.3. The molecule has 5 heteroatoms. The van der Waals surface area contributed by atoms with Gasteiger partial charge in [0.25, 0.3) is 9.05 Å². The summed E-state index contributed by atoms with van der Waals surface area (Å²) in [5.74, 6) is 0.670. The summed E-state index contributed by atoms with van der Waals surface area (Å²) in [6.45, 7) is 7.48. The van der Waals surface area contributed by atoms with Crippen LogP contribution in [-0.4, -0.2) is 15.0 Å². The van der Waals surface area contributed by atoms with Gasteiger partial charge in [0.2, 0.25) is 0 Å². The summed E-state index contributed by atoms with van der Waals surface area (Å²) < 4.78 is 27.8. The van der Waals surface area contributed by atoms with Gasteiger partial charge in [-0.15, -0.1) is 0 Å². The number of benzene rings is 1. The average molecular weight is 261 g/mol. The minimum atomic E-state index is -3.69. The topological polar surface area (TPSA) is 43.4 Å². The molecule has 0 bridgehead atoms. The summed E-state index contributed by atoms with van der Waals surface area (Å²) in [5, 5.41) is 0. The van der Waals surface area contributed by atoms with Gasteiger partial charge in [-0.2, -0.15) is 0 Å². The van der Waals surface area contributed by atoms with Crippen molar-refractivity contribution in [1.29, 1.82) is 0 Å². The van der Waals surface area contributed by atoms with Crippen molar-refractivity contribution >= 4 is 19.7 Å². The first-order valence-corrected chi connectivity index (χ1v) is 6.97. The second kappa shape index (κ2) is 4.89. The summed E-state index contributed by atoms with van der Waals surface area (Å²) in [4.78, 5) is 0.0927. The van der Waals surface area contributed by atoms with Crippen LogP contribution in [0.25, 0.3) is 0 Å². The summed E-state index contributed by atoms with van der Waals surface area (Å²) in [6, 6.07) is 2.99. The maximum atomic E-state index is 11.2. The molecule has 0 aliphatic rings. The highest BCUT2D eigenvalue weighted by Crippen LogP contribution is 2.28. The summed E-state index contributed by atoms with van der Waals surface area (Å²) in [7, 11) is 1.59. The predicted molar refractivity (Wildman–Crippen MR) is 64.6 cm³/mol. The molecule has 0 N–H and O–H groups in total. The summed E-state index contributed by atoms with van der Waals surface area (Å²) in [5.41, 5.74) is 1.47. The van der Waals surface area contributed by atoms with Crippen LogP contribution < -0.4 is 4.74 Å². The van der Waals surface area contributed by atoms with Gasteiger partial charge in [-0.1, -0.05) is 12.7 Å². The highest BCUT2D eigenvalue weighted by atomic mass is 35.7. The van der Waals surface area contributed by atoms with Crippen LogP contribution in [0, 0.1) is 13.8 Å². The van der Waals surface area contributed by atoms with E-state index in [-0.39, 0.29) is 4.90 Å². The van der Waals surface area contributed by atoms with Crippen molar-refractivity contribution in [3.63, 3.8) is 0 Å². The molecule has 0 heterocycles. The normalized spacial score (nSPS) is 11.2. The number of hydrogen-bond donors (Lipinski definition) is 0. The van der Waals surface area contributed by atoms with Crippen molar-refractivity contribution < 1.29 is 13.2 Å². The van der Waals surface area contributed by atoms with E-state index in [0.29, 0.717) is 12.4 Å². The standard InChI is InChI=1S/C11H13ClO3S/c1-4-5-15-11-8(2)6-10(7-9(11)3)16(12,13)14/h4,6-7H,1,5H2,2-3H3. The third kappa shape index (κ3) is 3.00. The Balaban J connectivity index is 3.22. The molecule has 0 radical (unpaired) electrons. The molecule has 1 aromatic carbocycles. The van der Waals surface area contributed by atoms with Crippen LogP contribution in [0.5, 0.6) is 5.75 Å². The lowest BCUT2D eigenvalue weighted by Gasteiger charge is -2.11. The lowest BCUT2D eigenvalue weighted by Crippen LogP contribution is -2.00. The Morgan fingerprint density at radius 1 is 1.38 bits per heavy atom. The van der Waals surface area contributed by atoms with Crippen LogP contribution >= 0.6 is 10.7 Å². The first kappa shape index (κ1) is 13.1. The fraction of sp³-hybridized carbons (Fsp3) is 0.273. The Bertz CT molecular complexity index is 483. The van der Waals surface area contributed by atoms with E-state index >= 15 is 0 Å². The predicted octanol–water partition coefficient (Wildman–Crippen LogP) is 2.80. The van der Waals surface area contributed by atoms with Crippen LogP contribution in [0.2, 0.25) is 0 Å². The van der Waals surface area contributed by atoms with Crippen molar-refractivity contribution in [2.75, 3.05) is 6.61 Å². The Kier molecular flexibility index (Phi) is 3.99. The van der Waals surface area contributed by atoms with Crippen LogP contribution in [0.15, 0.2) is 29.7 Å². The monoisotopic (exact) mass is 260 g/mol.